The molecule has 1 atom stereocenters. The fraction of sp³-hybridized carbons (Fsp3) is 0.370. The molecule has 0 amide bonds. The second kappa shape index (κ2) is 9.13. The van der Waals surface area contributed by atoms with Crippen molar-refractivity contribution in [2.45, 2.75) is 57.3 Å². The van der Waals surface area contributed by atoms with Crippen LogP contribution in [0, 0.1) is 22.7 Å². The van der Waals surface area contributed by atoms with Crippen LogP contribution >= 0.6 is 11.3 Å². The van der Waals surface area contributed by atoms with Crippen LogP contribution in [0.2, 0.25) is 0 Å². The highest BCUT2D eigenvalue weighted by atomic mass is 32.1. The van der Waals surface area contributed by atoms with Crippen molar-refractivity contribution >= 4 is 22.1 Å². The second-order valence-electron chi connectivity index (χ2n) is 9.10. The minimum absolute atomic E-state index is 0.0212. The minimum Gasteiger partial charge on any atom is -0.504 e. The standard InChI is InChI=1S/C27H26N4O3S/c1-34-22-12-15(10-11-20(22)32)24-18(14-29)26(30)31(19-7-5-8-21(33)25(19)24)27-17(13-28)16-6-3-2-4-9-23(16)35-27/h10-12,24,32H,2-9,30H2,1H3. The van der Waals surface area contributed by atoms with Crippen molar-refractivity contribution in [2.24, 2.45) is 5.73 Å². The van der Waals surface area contributed by atoms with Gasteiger partial charge < -0.3 is 15.6 Å². The molecule has 1 unspecified atom stereocenters. The third-order valence-electron chi connectivity index (χ3n) is 7.17. The van der Waals surface area contributed by atoms with Crippen molar-refractivity contribution in [1.29, 1.82) is 10.5 Å². The maximum absolute atomic E-state index is 13.4. The summed E-state index contributed by atoms with van der Waals surface area (Å²) in [6.07, 6.45) is 6.77. The molecule has 8 heteroatoms. The molecule has 1 aromatic heterocycles. The topological polar surface area (TPSA) is 123 Å². The van der Waals surface area contributed by atoms with Crippen molar-refractivity contribution in [2.75, 3.05) is 12.0 Å². The Kier molecular flexibility index (Phi) is 6.00. The molecule has 0 fully saturated rings. The fourth-order valence-corrected chi connectivity index (χ4v) is 6.90. The molecule has 1 aliphatic heterocycles. The number of ether oxygens (including phenoxy) is 1. The molecule has 0 bridgehead atoms. The number of nitrogens with zero attached hydrogens (tertiary/aromatic N) is 3. The van der Waals surface area contributed by atoms with E-state index in [-0.39, 0.29) is 28.7 Å². The monoisotopic (exact) mass is 486 g/mol. The van der Waals surface area contributed by atoms with E-state index in [0.29, 0.717) is 41.0 Å². The lowest BCUT2D eigenvalue weighted by molar-refractivity contribution is -0.116. The van der Waals surface area contributed by atoms with Crippen molar-refractivity contribution in [1.82, 2.24) is 0 Å². The van der Waals surface area contributed by atoms with Gasteiger partial charge in [0.2, 0.25) is 0 Å². The highest BCUT2D eigenvalue weighted by Crippen LogP contribution is 2.50. The number of hydrogen-bond acceptors (Lipinski definition) is 8. The Hall–Kier alpha value is -3.75. The molecule has 0 saturated carbocycles. The van der Waals surface area contributed by atoms with Crippen molar-refractivity contribution in [3.63, 3.8) is 0 Å². The van der Waals surface area contributed by atoms with Gasteiger partial charge in [-0.1, -0.05) is 12.5 Å². The Bertz CT molecular complexity index is 1370. The molecule has 7 nitrogen and oxygen atoms in total. The van der Waals surface area contributed by atoms with E-state index in [2.05, 4.69) is 12.1 Å². The van der Waals surface area contributed by atoms with E-state index < -0.39 is 5.92 Å². The number of nitrogens with two attached hydrogens (primary N) is 1. The number of aryl methyl sites for hydroxylation is 1. The van der Waals surface area contributed by atoms with Gasteiger partial charge in [-0.15, -0.1) is 11.3 Å². The van der Waals surface area contributed by atoms with E-state index in [1.54, 1.807) is 23.5 Å². The van der Waals surface area contributed by atoms with Crippen LogP contribution in [-0.2, 0) is 17.6 Å². The largest absolute Gasteiger partial charge is 0.504 e. The van der Waals surface area contributed by atoms with Crippen LogP contribution in [0.15, 0.2) is 40.9 Å². The molecule has 0 saturated heterocycles. The van der Waals surface area contributed by atoms with Gasteiger partial charge in [0.25, 0.3) is 0 Å². The van der Waals surface area contributed by atoms with Gasteiger partial charge in [-0.25, -0.2) is 0 Å². The Morgan fingerprint density at radius 3 is 2.66 bits per heavy atom. The van der Waals surface area contributed by atoms with Crippen LogP contribution in [0.25, 0.3) is 0 Å². The molecule has 1 aromatic carbocycles. The number of carbonyl (C=O) groups excluding carboxylic acids is 1. The first kappa shape index (κ1) is 23.0. The number of rotatable bonds is 3. The molecular formula is C27H26N4O3S. The first-order chi connectivity index (χ1) is 17.0. The Morgan fingerprint density at radius 1 is 1.11 bits per heavy atom. The highest BCUT2D eigenvalue weighted by molar-refractivity contribution is 7.16. The summed E-state index contributed by atoms with van der Waals surface area (Å²) in [6.45, 7) is 0. The van der Waals surface area contributed by atoms with Crippen LogP contribution in [0.3, 0.4) is 0 Å². The molecule has 3 aliphatic rings. The summed E-state index contributed by atoms with van der Waals surface area (Å²) in [4.78, 5) is 16.4. The zero-order valence-corrected chi connectivity index (χ0v) is 20.4. The quantitative estimate of drug-likeness (QED) is 0.591. The van der Waals surface area contributed by atoms with Crippen LogP contribution in [-0.4, -0.2) is 18.0 Å². The van der Waals surface area contributed by atoms with E-state index in [9.17, 15) is 20.4 Å². The van der Waals surface area contributed by atoms with E-state index >= 15 is 0 Å². The van der Waals surface area contributed by atoms with Gasteiger partial charge in [-0.3, -0.25) is 9.69 Å². The third-order valence-corrected chi connectivity index (χ3v) is 8.45. The predicted molar refractivity (Wildman–Crippen MR) is 133 cm³/mol. The number of ketones is 1. The molecule has 2 aromatic rings. The maximum atomic E-state index is 13.4. The summed E-state index contributed by atoms with van der Waals surface area (Å²) in [6, 6.07) is 9.53. The van der Waals surface area contributed by atoms with Gasteiger partial charge in [0.15, 0.2) is 17.3 Å². The smallest absolute Gasteiger partial charge is 0.161 e. The predicted octanol–water partition coefficient (Wildman–Crippen LogP) is 4.91. The van der Waals surface area contributed by atoms with Crippen LogP contribution in [0.1, 0.15) is 66.0 Å². The van der Waals surface area contributed by atoms with Gasteiger partial charge >= 0.3 is 0 Å². The molecular weight excluding hydrogens is 460 g/mol. The lowest BCUT2D eigenvalue weighted by Gasteiger charge is -2.39. The first-order valence-corrected chi connectivity index (χ1v) is 12.7. The molecule has 0 spiro atoms. The van der Waals surface area contributed by atoms with E-state index in [0.717, 1.165) is 43.4 Å². The lowest BCUT2D eigenvalue weighted by atomic mass is 9.75. The van der Waals surface area contributed by atoms with Gasteiger partial charge in [0.05, 0.1) is 30.2 Å². The molecule has 5 rings (SSSR count). The number of methoxy groups -OCH3 is 1. The number of phenols is 1. The molecule has 0 radical (unpaired) electrons. The number of allylic oxidation sites excluding steroid dienone is 3. The summed E-state index contributed by atoms with van der Waals surface area (Å²) in [5.41, 5.74) is 10.6. The van der Waals surface area contributed by atoms with Gasteiger partial charge in [0.1, 0.15) is 16.9 Å². The zero-order valence-electron chi connectivity index (χ0n) is 19.6. The number of aromatic hydroxyl groups is 1. The number of benzene rings is 1. The van der Waals surface area contributed by atoms with Crippen LogP contribution < -0.4 is 15.4 Å². The number of anilines is 1. The molecule has 35 heavy (non-hydrogen) atoms. The highest BCUT2D eigenvalue weighted by Gasteiger charge is 2.42. The average molecular weight is 487 g/mol. The summed E-state index contributed by atoms with van der Waals surface area (Å²) in [5.74, 6) is -0.181. The molecule has 3 N–H and O–H groups in total. The van der Waals surface area contributed by atoms with Gasteiger partial charge in [-0.2, -0.15) is 10.5 Å². The Morgan fingerprint density at radius 2 is 1.91 bits per heavy atom. The average Bonchev–Trinajstić information content (AvgIpc) is 3.03. The lowest BCUT2D eigenvalue weighted by Crippen LogP contribution is -2.38. The summed E-state index contributed by atoms with van der Waals surface area (Å²) >= 11 is 1.57. The fourth-order valence-electron chi connectivity index (χ4n) is 5.53. The minimum atomic E-state index is -0.656. The molecule has 2 heterocycles. The molecule has 2 aliphatic carbocycles. The summed E-state index contributed by atoms with van der Waals surface area (Å²) in [5, 5.41) is 31.2. The number of fused-ring (bicyclic) bond motifs is 1. The SMILES string of the molecule is COc1cc(C2C(C#N)=C(N)N(c3sc4c(c3C#N)CCCCC4)C3=C2C(=O)CCC3)ccc1O. The first-order valence-electron chi connectivity index (χ1n) is 11.9. The normalized spacial score (nSPS) is 20.0. The number of hydrogen-bond donors (Lipinski definition) is 2. The van der Waals surface area contributed by atoms with Crippen LogP contribution in [0.4, 0.5) is 5.00 Å². The third kappa shape index (κ3) is 3.66. The molecule has 178 valence electrons. The Labute approximate surface area is 208 Å². The van der Waals surface area contributed by atoms with Crippen molar-refractivity contribution < 1.29 is 14.6 Å². The number of Topliss-reactive ketones (excluding diaryl/α,β-unsaturated/α-hetero) is 1. The van der Waals surface area contributed by atoms with Crippen molar-refractivity contribution in [3.05, 3.63) is 62.4 Å². The van der Waals surface area contributed by atoms with Crippen LogP contribution in [0.5, 0.6) is 11.5 Å². The number of phenolic OH excluding ortho intramolecular Hbond substituents is 1. The van der Waals surface area contributed by atoms with E-state index in [1.165, 1.54) is 18.1 Å². The van der Waals surface area contributed by atoms with E-state index in [1.807, 2.05) is 4.90 Å². The van der Waals surface area contributed by atoms with Crippen molar-refractivity contribution in [3.8, 4) is 23.6 Å². The van der Waals surface area contributed by atoms with Gasteiger partial charge in [0, 0.05) is 22.6 Å². The number of carbonyl (C=O) groups is 1. The van der Waals surface area contributed by atoms with E-state index in [4.69, 9.17) is 10.5 Å². The number of nitriles is 2. The zero-order chi connectivity index (χ0) is 24.7. The second-order valence-corrected chi connectivity index (χ2v) is 10.2. The van der Waals surface area contributed by atoms with Gasteiger partial charge in [-0.05, 0) is 61.8 Å². The maximum Gasteiger partial charge on any atom is 0.161 e. The Balaban J connectivity index is 1.74. The summed E-state index contributed by atoms with van der Waals surface area (Å²) < 4.78 is 5.29. The summed E-state index contributed by atoms with van der Waals surface area (Å²) in [7, 11) is 1.46. The number of thiophene rings is 1.